The normalized spacial score (nSPS) is 35.1. The summed E-state index contributed by atoms with van der Waals surface area (Å²) in [5, 5.41) is 10.8. The molecule has 0 radical (unpaired) electrons. The third kappa shape index (κ3) is 4.37. The summed E-state index contributed by atoms with van der Waals surface area (Å²) in [5.41, 5.74) is 0.419. The first kappa shape index (κ1) is 22.7. The number of carbonyl (C=O) groups is 1. The van der Waals surface area contributed by atoms with Crippen molar-refractivity contribution in [3.8, 4) is 5.75 Å². The Labute approximate surface area is 186 Å². The highest BCUT2D eigenvalue weighted by atomic mass is 16.7. The van der Waals surface area contributed by atoms with Crippen LogP contribution in [0.1, 0.15) is 40.0 Å². The minimum atomic E-state index is -0.875. The molecule has 2 saturated heterocycles. The van der Waals surface area contributed by atoms with Gasteiger partial charge in [0.05, 0.1) is 23.6 Å². The minimum Gasteiger partial charge on any atom is -0.428 e. The van der Waals surface area contributed by atoms with Crippen molar-refractivity contribution < 1.29 is 33.4 Å². The molecular weight excluding hydrogens is 418 g/mol. The smallest absolute Gasteiger partial charge is 0.428 e. The lowest BCUT2D eigenvalue weighted by Crippen LogP contribution is -2.55. The van der Waals surface area contributed by atoms with Gasteiger partial charge in [0.25, 0.3) is 5.69 Å². The summed E-state index contributed by atoms with van der Waals surface area (Å²) in [6.45, 7) is 6.84. The van der Waals surface area contributed by atoms with E-state index in [0.717, 1.165) is 12.8 Å². The Morgan fingerprint density at radius 2 is 2.00 bits per heavy atom. The number of hydrogen-bond acceptors (Lipinski definition) is 8. The number of allylic oxidation sites excluding steroid dienone is 1. The van der Waals surface area contributed by atoms with E-state index in [1.807, 2.05) is 0 Å². The van der Waals surface area contributed by atoms with Crippen molar-refractivity contribution in [1.82, 2.24) is 0 Å². The molecule has 9 heteroatoms. The molecule has 2 heterocycles. The predicted octanol–water partition coefficient (Wildman–Crippen LogP) is 4.19. The summed E-state index contributed by atoms with van der Waals surface area (Å²) >= 11 is 0. The number of epoxide rings is 2. The zero-order chi connectivity index (χ0) is 23.1. The number of hydrogen-bond donors (Lipinski definition) is 0. The van der Waals surface area contributed by atoms with Gasteiger partial charge in [0, 0.05) is 19.2 Å². The van der Waals surface area contributed by atoms with E-state index in [0.29, 0.717) is 13.0 Å². The lowest BCUT2D eigenvalue weighted by Gasteiger charge is -2.42. The largest absolute Gasteiger partial charge is 0.514 e. The number of nitrogens with zero attached hydrogens (tertiary/aromatic N) is 1. The second-order valence-electron chi connectivity index (χ2n) is 9.14. The second kappa shape index (κ2) is 8.46. The van der Waals surface area contributed by atoms with Crippen molar-refractivity contribution in [3.05, 3.63) is 46.0 Å². The molecule has 0 N–H and O–H groups in total. The summed E-state index contributed by atoms with van der Waals surface area (Å²) in [5.74, 6) is 0.0877. The Kier molecular flexibility index (Phi) is 6.00. The van der Waals surface area contributed by atoms with E-state index in [2.05, 4.69) is 26.8 Å². The zero-order valence-corrected chi connectivity index (χ0v) is 18.7. The lowest BCUT2D eigenvalue weighted by atomic mass is 9.68. The number of methoxy groups -OCH3 is 1. The SMILES string of the molecule is COC1C(OC(=O)Oc2ccc([N+](=O)[O-])cc2)CC[C@]2(CO2)C1C1(C)O[C@@H]1CC=C(C)C. The highest BCUT2D eigenvalue weighted by Crippen LogP contribution is 2.59. The van der Waals surface area contributed by atoms with Gasteiger partial charge < -0.3 is 23.7 Å². The van der Waals surface area contributed by atoms with E-state index < -0.39 is 28.9 Å². The van der Waals surface area contributed by atoms with Gasteiger partial charge in [-0.05, 0) is 52.2 Å². The lowest BCUT2D eigenvalue weighted by molar-refractivity contribution is -0.384. The van der Waals surface area contributed by atoms with Gasteiger partial charge in [-0.1, -0.05) is 11.6 Å². The highest BCUT2D eigenvalue weighted by Gasteiger charge is 2.72. The van der Waals surface area contributed by atoms with Crippen LogP contribution in [0.2, 0.25) is 0 Å². The average molecular weight is 447 g/mol. The fourth-order valence-electron chi connectivity index (χ4n) is 4.95. The molecule has 1 aromatic carbocycles. The van der Waals surface area contributed by atoms with Crippen molar-refractivity contribution in [2.45, 2.75) is 69.5 Å². The van der Waals surface area contributed by atoms with E-state index in [9.17, 15) is 14.9 Å². The molecule has 0 amide bonds. The van der Waals surface area contributed by atoms with Crippen molar-refractivity contribution in [2.75, 3.05) is 13.7 Å². The molecule has 3 fully saturated rings. The Morgan fingerprint density at radius 1 is 1.31 bits per heavy atom. The number of ether oxygens (including phenoxy) is 5. The maximum absolute atomic E-state index is 12.4. The van der Waals surface area contributed by atoms with Gasteiger partial charge in [0.15, 0.2) is 0 Å². The molecule has 0 bridgehead atoms. The fraction of sp³-hybridized carbons (Fsp3) is 0.609. The third-order valence-electron chi connectivity index (χ3n) is 6.73. The van der Waals surface area contributed by atoms with E-state index in [1.54, 1.807) is 7.11 Å². The quantitative estimate of drug-likeness (QED) is 0.153. The van der Waals surface area contributed by atoms with Gasteiger partial charge in [-0.15, -0.1) is 0 Å². The van der Waals surface area contributed by atoms with Crippen molar-refractivity contribution in [2.24, 2.45) is 5.92 Å². The Balaban J connectivity index is 1.44. The van der Waals surface area contributed by atoms with Gasteiger partial charge in [-0.25, -0.2) is 4.79 Å². The van der Waals surface area contributed by atoms with Crippen LogP contribution in [0.3, 0.4) is 0 Å². The average Bonchev–Trinajstić information content (AvgIpc) is 3.65. The summed E-state index contributed by atoms with van der Waals surface area (Å²) < 4.78 is 28.8. The van der Waals surface area contributed by atoms with Crippen LogP contribution < -0.4 is 4.74 Å². The van der Waals surface area contributed by atoms with Gasteiger partial charge in [-0.3, -0.25) is 10.1 Å². The molecule has 174 valence electrons. The standard InChI is InChI=1S/C23H29NO8/c1-14(2)5-10-18-22(3,32-18)20-19(28-4)17(11-12-23(20)13-29-23)31-21(25)30-16-8-6-15(7-9-16)24(26)27/h5-9,17-20H,10-13H2,1-4H3/t17?,18-,19?,20?,22?,23+/m1/s1. The molecule has 4 rings (SSSR count). The van der Waals surface area contributed by atoms with Gasteiger partial charge >= 0.3 is 6.16 Å². The molecule has 4 unspecified atom stereocenters. The molecule has 9 nitrogen and oxygen atoms in total. The summed E-state index contributed by atoms with van der Waals surface area (Å²) in [4.78, 5) is 22.7. The Morgan fingerprint density at radius 3 is 2.56 bits per heavy atom. The van der Waals surface area contributed by atoms with Crippen LogP contribution in [0.25, 0.3) is 0 Å². The Hall–Kier alpha value is -2.49. The van der Waals surface area contributed by atoms with E-state index >= 15 is 0 Å². The van der Waals surface area contributed by atoms with Crippen molar-refractivity contribution >= 4 is 11.8 Å². The summed E-state index contributed by atoms with van der Waals surface area (Å²) in [7, 11) is 1.61. The molecule has 1 aliphatic carbocycles. The Bertz CT molecular complexity index is 905. The van der Waals surface area contributed by atoms with Crippen LogP contribution >= 0.6 is 0 Å². The molecule has 1 aromatic rings. The van der Waals surface area contributed by atoms with E-state index in [-0.39, 0.29) is 29.1 Å². The first-order valence-electron chi connectivity index (χ1n) is 10.8. The van der Waals surface area contributed by atoms with Crippen LogP contribution in [-0.2, 0) is 18.9 Å². The number of nitro benzene ring substituents is 1. The van der Waals surface area contributed by atoms with Gasteiger partial charge in [-0.2, -0.15) is 0 Å². The second-order valence-corrected chi connectivity index (χ2v) is 9.14. The van der Waals surface area contributed by atoms with Crippen molar-refractivity contribution in [3.63, 3.8) is 0 Å². The number of rotatable bonds is 7. The molecule has 1 spiro atoms. The topological polar surface area (TPSA) is 113 Å². The maximum Gasteiger partial charge on any atom is 0.514 e. The molecule has 2 aliphatic heterocycles. The first-order chi connectivity index (χ1) is 15.2. The van der Waals surface area contributed by atoms with E-state index in [1.165, 1.54) is 29.8 Å². The molecule has 6 atom stereocenters. The monoisotopic (exact) mass is 447 g/mol. The molecule has 1 saturated carbocycles. The predicted molar refractivity (Wildman–Crippen MR) is 114 cm³/mol. The van der Waals surface area contributed by atoms with Crippen LogP contribution in [0.15, 0.2) is 35.9 Å². The van der Waals surface area contributed by atoms with Crippen LogP contribution in [-0.4, -0.2) is 54.3 Å². The van der Waals surface area contributed by atoms with Crippen LogP contribution in [0.5, 0.6) is 5.75 Å². The van der Waals surface area contributed by atoms with Gasteiger partial charge in [0.2, 0.25) is 0 Å². The third-order valence-corrected chi connectivity index (χ3v) is 6.73. The summed E-state index contributed by atoms with van der Waals surface area (Å²) in [6.07, 6.45) is 2.56. The zero-order valence-electron chi connectivity index (χ0n) is 18.7. The molecular formula is C23H29NO8. The highest BCUT2D eigenvalue weighted by molar-refractivity contribution is 5.64. The van der Waals surface area contributed by atoms with Crippen molar-refractivity contribution in [1.29, 1.82) is 0 Å². The minimum absolute atomic E-state index is 0.0620. The molecule has 0 aromatic heterocycles. The van der Waals surface area contributed by atoms with Crippen LogP contribution in [0.4, 0.5) is 10.5 Å². The van der Waals surface area contributed by atoms with Gasteiger partial charge in [0.1, 0.15) is 29.2 Å². The van der Waals surface area contributed by atoms with E-state index in [4.69, 9.17) is 23.7 Å². The maximum atomic E-state index is 12.4. The number of nitro groups is 1. The van der Waals surface area contributed by atoms with Crippen LogP contribution in [0, 0.1) is 16.0 Å². The molecule has 3 aliphatic rings. The first-order valence-corrected chi connectivity index (χ1v) is 10.8. The summed E-state index contributed by atoms with van der Waals surface area (Å²) in [6, 6.07) is 5.25. The number of carbonyl (C=O) groups excluding carboxylic acids is 1. The number of benzene rings is 1. The molecule has 32 heavy (non-hydrogen) atoms. The fourth-order valence-corrected chi connectivity index (χ4v) is 4.95. The number of non-ortho nitro benzene ring substituents is 1.